The average molecular weight is 154 g/mol. The molecule has 2 heteroatoms. The van der Waals surface area contributed by atoms with E-state index >= 15 is 0 Å². The highest BCUT2D eigenvalue weighted by molar-refractivity contribution is 5.77. The Morgan fingerprint density at radius 3 is 2.82 bits per heavy atom. The second kappa shape index (κ2) is 1.99. The van der Waals surface area contributed by atoms with Crippen molar-refractivity contribution in [2.45, 2.75) is 26.2 Å². The Kier molecular flexibility index (Phi) is 1.29. The molecule has 0 N–H and O–H groups in total. The first kappa shape index (κ1) is 7.14. The minimum atomic E-state index is 0.0113. The summed E-state index contributed by atoms with van der Waals surface area (Å²) in [5.41, 5.74) is 0.326. The van der Waals surface area contributed by atoms with Crippen LogP contribution < -0.4 is 0 Å². The fourth-order valence-corrected chi connectivity index (χ4v) is 2.76. The number of esters is 1. The van der Waals surface area contributed by atoms with Crippen LogP contribution in [0.15, 0.2) is 0 Å². The second-order valence-electron chi connectivity index (χ2n) is 4.01. The van der Waals surface area contributed by atoms with Gasteiger partial charge in [-0.1, -0.05) is 13.3 Å². The molecule has 0 aliphatic heterocycles. The molecule has 62 valence electrons. The summed E-state index contributed by atoms with van der Waals surface area (Å²) < 4.78 is 4.74. The highest BCUT2D eigenvalue weighted by Gasteiger charge is 2.67. The molecule has 2 aliphatic rings. The number of hydrogen-bond donors (Lipinski definition) is 0. The number of ether oxygens (including phenoxy) is 1. The lowest BCUT2D eigenvalue weighted by molar-refractivity contribution is -0.143. The van der Waals surface area contributed by atoms with Crippen molar-refractivity contribution in [3.63, 3.8) is 0 Å². The summed E-state index contributed by atoms with van der Waals surface area (Å²) in [4.78, 5) is 11.2. The topological polar surface area (TPSA) is 26.3 Å². The number of rotatable bonds is 1. The first-order valence-electron chi connectivity index (χ1n) is 4.28. The predicted molar refractivity (Wildman–Crippen MR) is 41.0 cm³/mol. The minimum absolute atomic E-state index is 0.0113. The van der Waals surface area contributed by atoms with Crippen LogP contribution in [0.3, 0.4) is 0 Å². The molecule has 2 rings (SSSR count). The molecule has 11 heavy (non-hydrogen) atoms. The van der Waals surface area contributed by atoms with Crippen LogP contribution in [0, 0.1) is 17.3 Å². The van der Waals surface area contributed by atoms with Gasteiger partial charge in [-0.05, 0) is 24.2 Å². The Labute approximate surface area is 66.9 Å². The van der Waals surface area contributed by atoms with Gasteiger partial charge in [-0.25, -0.2) is 0 Å². The zero-order valence-electron chi connectivity index (χ0n) is 7.09. The standard InChI is InChI=1S/C9H14O2/c1-9-5-3-4-6(9)7(9)8(10)11-2/h6-7H,3-5H2,1-2H3. The maximum Gasteiger partial charge on any atom is 0.309 e. The molecule has 0 heterocycles. The van der Waals surface area contributed by atoms with Crippen LogP contribution in [0.2, 0.25) is 0 Å². The van der Waals surface area contributed by atoms with E-state index in [0.717, 1.165) is 0 Å². The number of fused-ring (bicyclic) bond motifs is 1. The van der Waals surface area contributed by atoms with Crippen molar-refractivity contribution < 1.29 is 9.53 Å². The normalized spacial score (nSPS) is 46.7. The molecule has 0 aromatic carbocycles. The average Bonchev–Trinajstić information content (AvgIpc) is 2.36. The van der Waals surface area contributed by atoms with Crippen LogP contribution in [-0.2, 0) is 9.53 Å². The summed E-state index contributed by atoms with van der Waals surface area (Å²) in [5.74, 6) is 0.897. The number of carbonyl (C=O) groups excluding carboxylic acids is 1. The Morgan fingerprint density at radius 2 is 2.36 bits per heavy atom. The molecular weight excluding hydrogens is 140 g/mol. The van der Waals surface area contributed by atoms with Gasteiger partial charge in [-0.15, -0.1) is 0 Å². The van der Waals surface area contributed by atoms with Gasteiger partial charge in [-0.3, -0.25) is 4.79 Å². The Morgan fingerprint density at radius 1 is 1.64 bits per heavy atom. The van der Waals surface area contributed by atoms with Gasteiger partial charge in [0.2, 0.25) is 0 Å². The van der Waals surface area contributed by atoms with Gasteiger partial charge in [0.15, 0.2) is 0 Å². The van der Waals surface area contributed by atoms with Crippen LogP contribution in [0.5, 0.6) is 0 Å². The molecule has 0 radical (unpaired) electrons. The molecule has 0 saturated heterocycles. The van der Waals surface area contributed by atoms with E-state index in [1.807, 2.05) is 0 Å². The summed E-state index contributed by atoms with van der Waals surface area (Å²) in [6, 6.07) is 0. The van der Waals surface area contributed by atoms with E-state index in [-0.39, 0.29) is 11.9 Å². The molecule has 2 saturated carbocycles. The molecule has 0 spiro atoms. The van der Waals surface area contributed by atoms with Gasteiger partial charge in [0.25, 0.3) is 0 Å². The van der Waals surface area contributed by atoms with E-state index in [0.29, 0.717) is 11.3 Å². The third-order valence-electron chi connectivity index (χ3n) is 3.54. The smallest absolute Gasteiger partial charge is 0.309 e. The van der Waals surface area contributed by atoms with Crippen molar-refractivity contribution in [2.24, 2.45) is 17.3 Å². The van der Waals surface area contributed by atoms with E-state index < -0.39 is 0 Å². The number of hydrogen-bond acceptors (Lipinski definition) is 2. The summed E-state index contributed by atoms with van der Waals surface area (Å²) in [5, 5.41) is 0. The Balaban J connectivity index is 2.07. The van der Waals surface area contributed by atoms with Crippen molar-refractivity contribution in [3.05, 3.63) is 0 Å². The highest BCUT2D eigenvalue weighted by Crippen LogP contribution is 2.68. The summed E-state index contributed by atoms with van der Waals surface area (Å²) in [7, 11) is 1.49. The van der Waals surface area contributed by atoms with Gasteiger partial charge in [0.05, 0.1) is 13.0 Å². The maximum atomic E-state index is 11.2. The quantitative estimate of drug-likeness (QED) is 0.536. The van der Waals surface area contributed by atoms with Crippen molar-refractivity contribution in [2.75, 3.05) is 7.11 Å². The van der Waals surface area contributed by atoms with E-state index in [1.54, 1.807) is 0 Å². The molecular formula is C9H14O2. The van der Waals surface area contributed by atoms with Gasteiger partial charge in [-0.2, -0.15) is 0 Å². The molecule has 0 aromatic rings. The highest BCUT2D eigenvalue weighted by atomic mass is 16.5. The fraction of sp³-hybridized carbons (Fsp3) is 0.889. The van der Waals surface area contributed by atoms with Crippen molar-refractivity contribution >= 4 is 5.97 Å². The lowest BCUT2D eigenvalue weighted by Gasteiger charge is -2.05. The fourth-order valence-electron chi connectivity index (χ4n) is 2.76. The SMILES string of the molecule is COC(=O)C1C2CCCC21C. The lowest BCUT2D eigenvalue weighted by Crippen LogP contribution is -2.10. The van der Waals surface area contributed by atoms with Crippen LogP contribution in [0.4, 0.5) is 0 Å². The van der Waals surface area contributed by atoms with E-state index in [4.69, 9.17) is 4.74 Å². The molecule has 0 amide bonds. The largest absolute Gasteiger partial charge is 0.469 e. The molecule has 3 unspecified atom stereocenters. The van der Waals surface area contributed by atoms with Gasteiger partial charge in [0.1, 0.15) is 0 Å². The van der Waals surface area contributed by atoms with E-state index in [2.05, 4.69) is 6.92 Å². The van der Waals surface area contributed by atoms with Gasteiger partial charge in [0, 0.05) is 0 Å². The monoisotopic (exact) mass is 154 g/mol. The zero-order valence-corrected chi connectivity index (χ0v) is 7.09. The minimum Gasteiger partial charge on any atom is -0.469 e. The molecule has 3 atom stereocenters. The van der Waals surface area contributed by atoms with Gasteiger partial charge < -0.3 is 4.74 Å². The third-order valence-corrected chi connectivity index (χ3v) is 3.54. The molecule has 2 aliphatic carbocycles. The van der Waals surface area contributed by atoms with Crippen LogP contribution in [0.25, 0.3) is 0 Å². The first-order chi connectivity index (χ1) is 5.20. The predicted octanol–water partition coefficient (Wildman–Crippen LogP) is 1.60. The number of methoxy groups -OCH3 is 1. The van der Waals surface area contributed by atoms with Crippen LogP contribution in [-0.4, -0.2) is 13.1 Å². The van der Waals surface area contributed by atoms with Crippen LogP contribution >= 0.6 is 0 Å². The molecule has 0 bridgehead atoms. The molecule has 2 fully saturated rings. The van der Waals surface area contributed by atoms with Crippen molar-refractivity contribution in [1.82, 2.24) is 0 Å². The van der Waals surface area contributed by atoms with Crippen molar-refractivity contribution in [1.29, 1.82) is 0 Å². The molecule has 0 aromatic heterocycles. The first-order valence-corrected chi connectivity index (χ1v) is 4.28. The van der Waals surface area contributed by atoms with Crippen molar-refractivity contribution in [3.8, 4) is 0 Å². The third kappa shape index (κ3) is 0.754. The summed E-state index contributed by atoms with van der Waals surface area (Å²) >= 11 is 0. The maximum absolute atomic E-state index is 11.2. The van der Waals surface area contributed by atoms with E-state index in [1.165, 1.54) is 26.4 Å². The van der Waals surface area contributed by atoms with Crippen LogP contribution in [0.1, 0.15) is 26.2 Å². The Hall–Kier alpha value is -0.530. The zero-order chi connectivity index (χ0) is 8.06. The van der Waals surface area contributed by atoms with Gasteiger partial charge >= 0.3 is 5.97 Å². The molecule has 2 nitrogen and oxygen atoms in total. The summed E-state index contributed by atoms with van der Waals surface area (Å²) in [6.45, 7) is 2.21. The summed E-state index contributed by atoms with van der Waals surface area (Å²) in [6.07, 6.45) is 3.75. The lowest BCUT2D eigenvalue weighted by atomic mass is 10.0. The Bertz CT molecular complexity index is 200. The van der Waals surface area contributed by atoms with E-state index in [9.17, 15) is 4.79 Å². The second-order valence-corrected chi connectivity index (χ2v) is 4.01. The number of carbonyl (C=O) groups is 1.